The van der Waals surface area contributed by atoms with Gasteiger partial charge in [0.25, 0.3) is 0 Å². The molecular formula is C56H101NO5. The standard InChI is InChI=1S/C56H101NO5/c1-4-7-10-13-16-19-22-24-26-28-30-33-35-38-41-44-47-52(62-56(61)49-46-43-40-37-32-21-18-15-12-9-6-3)50-55(60)57-53(51-58)54(59)48-45-42-39-36-34-31-29-27-25-23-20-17-14-11-8-5-2/h10,13,16,19,22,24,26,28,30,33,52-54,58-59H,4-9,11-12,14-15,17-18,20-21,23,25,27,29,31-32,34-51H2,1-3H3,(H,57,60)/b13-10+,19-16+,24-22+,28-26+,33-30+. The number of hydrogen-bond acceptors (Lipinski definition) is 5. The highest BCUT2D eigenvalue weighted by Gasteiger charge is 2.24. The number of esters is 1. The summed E-state index contributed by atoms with van der Waals surface area (Å²) in [7, 11) is 0. The number of unbranched alkanes of at least 4 members (excludes halogenated alkanes) is 29. The van der Waals surface area contributed by atoms with Crippen LogP contribution >= 0.6 is 0 Å². The Morgan fingerprint density at radius 1 is 0.468 bits per heavy atom. The number of ether oxygens (including phenoxy) is 1. The van der Waals surface area contributed by atoms with E-state index < -0.39 is 18.2 Å². The lowest BCUT2D eigenvalue weighted by Gasteiger charge is -2.24. The molecule has 62 heavy (non-hydrogen) atoms. The zero-order chi connectivity index (χ0) is 45.2. The van der Waals surface area contributed by atoms with Gasteiger partial charge in [-0.25, -0.2) is 0 Å². The van der Waals surface area contributed by atoms with Gasteiger partial charge in [-0.2, -0.15) is 0 Å². The van der Waals surface area contributed by atoms with Gasteiger partial charge < -0.3 is 20.3 Å². The monoisotopic (exact) mass is 868 g/mol. The molecule has 6 heteroatoms. The van der Waals surface area contributed by atoms with E-state index in [1.54, 1.807) is 0 Å². The fraction of sp³-hybridized carbons (Fsp3) is 0.786. The Bertz CT molecular complexity index is 1110. The molecule has 0 saturated carbocycles. The minimum Gasteiger partial charge on any atom is -0.462 e. The molecule has 0 bridgehead atoms. The number of allylic oxidation sites excluding steroid dienone is 10. The SMILES string of the molecule is CCC/C=C/C=C/C=C/C=C/C=C/CCCCCC(CC(=O)NC(CO)C(O)CCCCCCCCCCCCCCCCCC)OC(=O)CCCCCCCCCCCCC. The van der Waals surface area contributed by atoms with Gasteiger partial charge in [0.2, 0.25) is 5.91 Å². The van der Waals surface area contributed by atoms with Crippen molar-refractivity contribution in [1.82, 2.24) is 5.32 Å². The number of amides is 1. The molecule has 0 aromatic heterocycles. The number of nitrogens with one attached hydrogen (secondary N) is 1. The predicted molar refractivity (Wildman–Crippen MR) is 268 cm³/mol. The van der Waals surface area contributed by atoms with E-state index in [0.29, 0.717) is 19.3 Å². The lowest BCUT2D eigenvalue weighted by molar-refractivity contribution is -0.151. The molecule has 0 aliphatic heterocycles. The predicted octanol–water partition coefficient (Wildman–Crippen LogP) is 16.0. The first kappa shape index (κ1) is 59.6. The summed E-state index contributed by atoms with van der Waals surface area (Å²) in [5.74, 6) is -0.511. The van der Waals surface area contributed by atoms with Crippen LogP contribution in [0.4, 0.5) is 0 Å². The van der Waals surface area contributed by atoms with Crippen molar-refractivity contribution in [3.8, 4) is 0 Å². The number of carbonyl (C=O) groups excluding carboxylic acids is 2. The maximum absolute atomic E-state index is 13.2. The summed E-state index contributed by atoms with van der Waals surface area (Å²) >= 11 is 0. The molecule has 0 saturated heterocycles. The Kier molecular flexibility index (Phi) is 47.6. The Labute approximate surface area is 384 Å². The van der Waals surface area contributed by atoms with Crippen molar-refractivity contribution in [3.05, 3.63) is 60.8 Å². The van der Waals surface area contributed by atoms with Gasteiger partial charge >= 0.3 is 5.97 Å². The van der Waals surface area contributed by atoms with E-state index in [4.69, 9.17) is 4.74 Å². The van der Waals surface area contributed by atoms with Crippen LogP contribution in [0, 0.1) is 0 Å². The van der Waals surface area contributed by atoms with Crippen LogP contribution in [0.15, 0.2) is 60.8 Å². The second-order valence-electron chi connectivity index (χ2n) is 18.1. The summed E-state index contributed by atoms with van der Waals surface area (Å²) in [6, 6.07) is -0.716. The lowest BCUT2D eigenvalue weighted by Crippen LogP contribution is -2.46. The van der Waals surface area contributed by atoms with Gasteiger partial charge in [-0.15, -0.1) is 0 Å². The molecule has 3 unspecified atom stereocenters. The van der Waals surface area contributed by atoms with Crippen LogP contribution in [0.1, 0.15) is 258 Å². The third-order valence-corrected chi connectivity index (χ3v) is 12.0. The molecule has 1 amide bonds. The van der Waals surface area contributed by atoms with Crippen LogP contribution in [0.2, 0.25) is 0 Å². The molecule has 3 atom stereocenters. The van der Waals surface area contributed by atoms with Crippen LogP contribution in [0.25, 0.3) is 0 Å². The van der Waals surface area contributed by atoms with Gasteiger partial charge in [0.05, 0.1) is 25.2 Å². The van der Waals surface area contributed by atoms with E-state index in [9.17, 15) is 19.8 Å². The molecule has 0 aromatic rings. The average Bonchev–Trinajstić information content (AvgIpc) is 3.26. The molecule has 0 aromatic carbocycles. The first-order valence-corrected chi connectivity index (χ1v) is 26.6. The van der Waals surface area contributed by atoms with Crippen LogP contribution in [-0.4, -0.2) is 46.9 Å². The van der Waals surface area contributed by atoms with E-state index in [1.165, 1.54) is 141 Å². The molecule has 3 N–H and O–H groups in total. The van der Waals surface area contributed by atoms with Crippen molar-refractivity contribution >= 4 is 11.9 Å². The van der Waals surface area contributed by atoms with Gasteiger partial charge in [0, 0.05) is 6.42 Å². The zero-order valence-electron chi connectivity index (χ0n) is 41.0. The zero-order valence-corrected chi connectivity index (χ0v) is 41.0. The van der Waals surface area contributed by atoms with Crippen LogP contribution in [0.3, 0.4) is 0 Å². The molecule has 360 valence electrons. The van der Waals surface area contributed by atoms with Gasteiger partial charge in [-0.05, 0) is 44.9 Å². The van der Waals surface area contributed by atoms with Crippen LogP contribution in [-0.2, 0) is 14.3 Å². The Morgan fingerprint density at radius 3 is 1.31 bits per heavy atom. The van der Waals surface area contributed by atoms with Crippen molar-refractivity contribution < 1.29 is 24.5 Å². The first-order valence-electron chi connectivity index (χ1n) is 26.6. The number of aliphatic hydroxyl groups is 2. The fourth-order valence-electron chi connectivity index (χ4n) is 7.93. The molecule has 0 spiro atoms. The Hall–Kier alpha value is -2.44. The smallest absolute Gasteiger partial charge is 0.306 e. The van der Waals surface area contributed by atoms with E-state index in [2.05, 4.69) is 50.4 Å². The fourth-order valence-corrected chi connectivity index (χ4v) is 7.93. The van der Waals surface area contributed by atoms with Crippen LogP contribution < -0.4 is 5.32 Å². The van der Waals surface area contributed by atoms with Crippen molar-refractivity contribution in [2.75, 3.05) is 6.61 Å². The number of carbonyl (C=O) groups is 2. The van der Waals surface area contributed by atoms with E-state index in [1.807, 2.05) is 36.5 Å². The molecule has 0 heterocycles. The average molecular weight is 868 g/mol. The molecule has 0 rings (SSSR count). The highest BCUT2D eigenvalue weighted by Crippen LogP contribution is 2.18. The van der Waals surface area contributed by atoms with Gasteiger partial charge in [0.1, 0.15) is 6.10 Å². The van der Waals surface area contributed by atoms with Crippen molar-refractivity contribution in [2.24, 2.45) is 0 Å². The van der Waals surface area contributed by atoms with Crippen molar-refractivity contribution in [2.45, 2.75) is 277 Å². The second-order valence-corrected chi connectivity index (χ2v) is 18.1. The molecule has 0 radical (unpaired) electrons. The van der Waals surface area contributed by atoms with Gasteiger partial charge in [-0.3, -0.25) is 9.59 Å². The van der Waals surface area contributed by atoms with Crippen molar-refractivity contribution in [3.63, 3.8) is 0 Å². The lowest BCUT2D eigenvalue weighted by atomic mass is 10.0. The van der Waals surface area contributed by atoms with E-state index >= 15 is 0 Å². The van der Waals surface area contributed by atoms with Crippen molar-refractivity contribution in [1.29, 1.82) is 0 Å². The number of hydrogen-bond donors (Lipinski definition) is 3. The maximum Gasteiger partial charge on any atom is 0.306 e. The molecule has 0 fully saturated rings. The van der Waals surface area contributed by atoms with E-state index in [-0.39, 0.29) is 24.9 Å². The summed E-state index contributed by atoms with van der Waals surface area (Å²) in [6.45, 7) is 6.39. The highest BCUT2D eigenvalue weighted by atomic mass is 16.5. The normalized spacial score (nSPS) is 13.7. The molecular weight excluding hydrogens is 767 g/mol. The third-order valence-electron chi connectivity index (χ3n) is 12.0. The van der Waals surface area contributed by atoms with Gasteiger partial charge in [-0.1, -0.05) is 261 Å². The molecule has 0 aliphatic carbocycles. The minimum atomic E-state index is -0.800. The summed E-state index contributed by atoms with van der Waals surface area (Å²) < 4.78 is 5.91. The quantitative estimate of drug-likeness (QED) is 0.0322. The minimum absolute atomic E-state index is 0.0503. The summed E-state index contributed by atoms with van der Waals surface area (Å²) in [5, 5.41) is 23.8. The first-order chi connectivity index (χ1) is 30.5. The number of rotatable bonds is 47. The highest BCUT2D eigenvalue weighted by molar-refractivity contribution is 5.77. The summed E-state index contributed by atoms with van der Waals surface area (Å²) in [4.78, 5) is 26.1. The largest absolute Gasteiger partial charge is 0.462 e. The summed E-state index contributed by atoms with van der Waals surface area (Å²) in [5.41, 5.74) is 0. The summed E-state index contributed by atoms with van der Waals surface area (Å²) in [6.07, 6.45) is 61.3. The van der Waals surface area contributed by atoms with Crippen LogP contribution in [0.5, 0.6) is 0 Å². The second kappa shape index (κ2) is 49.6. The number of aliphatic hydroxyl groups excluding tert-OH is 2. The van der Waals surface area contributed by atoms with Gasteiger partial charge in [0.15, 0.2) is 0 Å². The maximum atomic E-state index is 13.2. The molecule has 0 aliphatic rings. The Balaban J connectivity index is 4.62. The topological polar surface area (TPSA) is 95.9 Å². The third kappa shape index (κ3) is 44.2. The Morgan fingerprint density at radius 2 is 0.855 bits per heavy atom. The molecule has 6 nitrogen and oxygen atoms in total. The van der Waals surface area contributed by atoms with E-state index in [0.717, 1.165) is 70.6 Å².